The molecule has 2 aliphatic rings. The van der Waals surface area contributed by atoms with Gasteiger partial charge in [-0.05, 0) is 128 Å². The van der Waals surface area contributed by atoms with Gasteiger partial charge in [0.05, 0.1) is 22.5 Å². The van der Waals surface area contributed by atoms with E-state index in [9.17, 15) is 9.59 Å². The molecule has 0 N–H and O–H groups in total. The number of anilines is 5. The summed E-state index contributed by atoms with van der Waals surface area (Å²) in [4.78, 5) is 38.3. The molecule has 6 nitrogen and oxygen atoms in total. The summed E-state index contributed by atoms with van der Waals surface area (Å²) in [5.74, 6) is -0.116. The predicted octanol–water partition coefficient (Wildman–Crippen LogP) is 18.0. The second-order valence-corrected chi connectivity index (χ2v) is 20.7. The van der Waals surface area contributed by atoms with E-state index in [0.717, 1.165) is 115 Å². The number of carbonyl (C=O) groups excluding carboxylic acids is 2. The number of amides is 2. The lowest BCUT2D eigenvalue weighted by molar-refractivity contribution is -0.124. The Morgan fingerprint density at radius 3 is 1.07 bits per heavy atom. The Labute approximate surface area is 435 Å². The first kappa shape index (κ1) is 53.9. The van der Waals surface area contributed by atoms with Gasteiger partial charge in [-0.3, -0.25) is 9.59 Å². The number of carbonyl (C=O) groups is 2. The fourth-order valence-corrected chi connectivity index (χ4v) is 10.6. The van der Waals surface area contributed by atoms with Crippen molar-refractivity contribution in [1.29, 1.82) is 0 Å². The van der Waals surface area contributed by atoms with E-state index in [-0.39, 0.29) is 11.8 Å². The molecule has 7 rings (SSSR count). The van der Waals surface area contributed by atoms with Gasteiger partial charge in [-0.15, -0.1) is 0 Å². The first-order valence-electron chi connectivity index (χ1n) is 28.4. The SMILES string of the molecule is CCCCCCCCc1ccc(N(C)c2ccc(N(c3ccc(CCCCCCCC)cc3)c3ccc(C4=C5C(=O)N(CCCCCC)C(c6ccc(C)cc6)=C5C(=O)N4CCCCCC)cc3)cc2)cc1. The minimum atomic E-state index is -0.0580. The smallest absolute Gasteiger partial charge is 0.261 e. The van der Waals surface area contributed by atoms with Crippen molar-refractivity contribution in [3.8, 4) is 0 Å². The van der Waals surface area contributed by atoms with E-state index in [1.165, 1.54) is 93.9 Å². The number of hydrogen-bond donors (Lipinski definition) is 0. The Bertz CT molecular complexity index is 2520. The zero-order valence-electron chi connectivity index (χ0n) is 45.1. The van der Waals surface area contributed by atoms with Gasteiger partial charge >= 0.3 is 0 Å². The van der Waals surface area contributed by atoms with E-state index >= 15 is 0 Å². The zero-order valence-corrected chi connectivity index (χ0v) is 45.1. The second kappa shape index (κ2) is 27.8. The van der Waals surface area contributed by atoms with Crippen LogP contribution >= 0.6 is 0 Å². The summed E-state index contributed by atoms with van der Waals surface area (Å²) in [7, 11) is 2.15. The summed E-state index contributed by atoms with van der Waals surface area (Å²) in [6, 6.07) is 44.1. The third-order valence-corrected chi connectivity index (χ3v) is 15.0. The fraction of sp³-hybridized carbons (Fsp3) is 0.455. The molecule has 6 heteroatoms. The molecule has 72 heavy (non-hydrogen) atoms. The molecular formula is C66H86N4O2. The van der Waals surface area contributed by atoms with E-state index in [1.807, 2.05) is 9.80 Å². The molecule has 0 saturated carbocycles. The van der Waals surface area contributed by atoms with Crippen LogP contribution in [0.3, 0.4) is 0 Å². The van der Waals surface area contributed by atoms with Crippen LogP contribution in [0.4, 0.5) is 28.4 Å². The average Bonchev–Trinajstić information content (AvgIpc) is 3.86. The third kappa shape index (κ3) is 13.8. The number of benzene rings is 5. The molecule has 0 unspecified atom stereocenters. The van der Waals surface area contributed by atoms with Crippen LogP contribution in [-0.2, 0) is 22.4 Å². The third-order valence-electron chi connectivity index (χ3n) is 15.0. The van der Waals surface area contributed by atoms with Crippen LogP contribution in [0, 0.1) is 6.92 Å². The van der Waals surface area contributed by atoms with Crippen molar-refractivity contribution < 1.29 is 9.59 Å². The van der Waals surface area contributed by atoms with Crippen LogP contribution < -0.4 is 9.80 Å². The van der Waals surface area contributed by atoms with Gasteiger partial charge in [-0.25, -0.2) is 0 Å². The van der Waals surface area contributed by atoms with E-state index in [4.69, 9.17) is 0 Å². The Morgan fingerprint density at radius 2 is 0.667 bits per heavy atom. The molecule has 0 aliphatic carbocycles. The largest absolute Gasteiger partial charge is 0.345 e. The first-order valence-corrected chi connectivity index (χ1v) is 28.4. The molecule has 0 fully saturated rings. The molecule has 2 heterocycles. The molecule has 2 aliphatic heterocycles. The maximum atomic E-state index is 14.9. The van der Waals surface area contributed by atoms with E-state index in [1.54, 1.807) is 0 Å². The summed E-state index contributed by atoms with van der Waals surface area (Å²) in [5, 5.41) is 0. The van der Waals surface area contributed by atoms with Crippen molar-refractivity contribution in [2.75, 3.05) is 29.9 Å². The van der Waals surface area contributed by atoms with Crippen molar-refractivity contribution in [1.82, 2.24) is 9.80 Å². The molecule has 5 aromatic rings. The molecule has 0 bridgehead atoms. The molecule has 0 radical (unpaired) electrons. The standard InChI is InChI=1S/C66H86N4O2/c1-7-11-15-19-21-23-27-52-31-39-56(40-32-52)67(6)57-45-47-60(48-46-57)70(58-41-33-53(34-42-58)28-24-22-20-16-12-8-2)59-43-37-55(38-44-59)64-62-61(65(71)69(64)50-26-18-14-10-4)63(54-35-29-51(5)30-36-54)68(66(62)72)49-25-17-13-9-3/h29-48H,7-28,49-50H2,1-6H3. The van der Waals surface area contributed by atoms with Gasteiger partial charge in [0.25, 0.3) is 11.8 Å². The molecule has 0 saturated heterocycles. The van der Waals surface area contributed by atoms with Crippen LogP contribution in [0.5, 0.6) is 0 Å². The highest BCUT2D eigenvalue weighted by molar-refractivity contribution is 6.30. The number of hydrogen-bond acceptors (Lipinski definition) is 4. The molecule has 0 atom stereocenters. The van der Waals surface area contributed by atoms with Crippen molar-refractivity contribution in [3.63, 3.8) is 0 Å². The normalized spacial score (nSPS) is 13.5. The van der Waals surface area contributed by atoms with Gasteiger partial charge in [0.15, 0.2) is 0 Å². The highest BCUT2D eigenvalue weighted by Gasteiger charge is 2.48. The lowest BCUT2D eigenvalue weighted by Gasteiger charge is -2.28. The number of rotatable bonds is 31. The second-order valence-electron chi connectivity index (χ2n) is 20.7. The van der Waals surface area contributed by atoms with Gasteiger partial charge in [-0.1, -0.05) is 197 Å². The Kier molecular flexibility index (Phi) is 20.8. The number of nitrogens with zero attached hydrogens (tertiary/aromatic N) is 4. The summed E-state index contributed by atoms with van der Waals surface area (Å²) in [5.41, 5.74) is 13.8. The van der Waals surface area contributed by atoms with Crippen LogP contribution in [0.2, 0.25) is 0 Å². The summed E-state index contributed by atoms with van der Waals surface area (Å²) in [6.45, 7) is 12.2. The number of fused-ring (bicyclic) bond motifs is 1. The lowest BCUT2D eigenvalue weighted by Crippen LogP contribution is -2.31. The maximum Gasteiger partial charge on any atom is 0.261 e. The minimum Gasteiger partial charge on any atom is -0.345 e. The maximum absolute atomic E-state index is 14.9. The van der Waals surface area contributed by atoms with Gasteiger partial charge < -0.3 is 19.6 Å². The Balaban J connectivity index is 1.21. The Hall–Kier alpha value is -5.88. The first-order chi connectivity index (χ1) is 35.3. The van der Waals surface area contributed by atoms with E-state index in [2.05, 4.69) is 173 Å². The number of unbranched alkanes of at least 4 members (excludes halogenated alkanes) is 16. The molecule has 5 aromatic carbocycles. The predicted molar refractivity (Wildman–Crippen MR) is 307 cm³/mol. The summed E-state index contributed by atoms with van der Waals surface area (Å²) in [6.07, 6.45) is 26.2. The topological polar surface area (TPSA) is 47.1 Å². The quantitative estimate of drug-likeness (QED) is 0.0415. The highest BCUT2D eigenvalue weighted by Crippen LogP contribution is 2.47. The average molecular weight is 967 g/mol. The van der Waals surface area contributed by atoms with E-state index in [0.29, 0.717) is 24.2 Å². The van der Waals surface area contributed by atoms with Gasteiger partial charge in [0.1, 0.15) is 0 Å². The van der Waals surface area contributed by atoms with E-state index < -0.39 is 0 Å². The van der Waals surface area contributed by atoms with Gasteiger partial charge in [0.2, 0.25) is 0 Å². The monoisotopic (exact) mass is 967 g/mol. The summed E-state index contributed by atoms with van der Waals surface area (Å²) < 4.78 is 0. The lowest BCUT2D eigenvalue weighted by atomic mass is 10.0. The van der Waals surface area contributed by atoms with Gasteiger partial charge in [0, 0.05) is 48.6 Å². The number of aryl methyl sites for hydroxylation is 3. The minimum absolute atomic E-state index is 0.0580. The fourth-order valence-electron chi connectivity index (χ4n) is 10.6. The summed E-state index contributed by atoms with van der Waals surface area (Å²) >= 11 is 0. The highest BCUT2D eigenvalue weighted by atomic mass is 16.2. The van der Waals surface area contributed by atoms with Crippen molar-refractivity contribution in [3.05, 3.63) is 160 Å². The van der Waals surface area contributed by atoms with Gasteiger partial charge in [-0.2, -0.15) is 0 Å². The van der Waals surface area contributed by atoms with Crippen molar-refractivity contribution in [2.24, 2.45) is 0 Å². The van der Waals surface area contributed by atoms with Crippen LogP contribution in [0.15, 0.2) is 132 Å². The molecule has 382 valence electrons. The van der Waals surface area contributed by atoms with Crippen molar-refractivity contribution in [2.45, 2.75) is 176 Å². The van der Waals surface area contributed by atoms with Crippen LogP contribution in [0.25, 0.3) is 11.4 Å². The van der Waals surface area contributed by atoms with Crippen molar-refractivity contribution >= 4 is 51.6 Å². The molecular weight excluding hydrogens is 881 g/mol. The zero-order chi connectivity index (χ0) is 50.7. The Morgan fingerprint density at radius 1 is 0.361 bits per heavy atom. The molecule has 2 amide bonds. The van der Waals surface area contributed by atoms with Crippen LogP contribution in [0.1, 0.15) is 184 Å². The van der Waals surface area contributed by atoms with Crippen LogP contribution in [-0.4, -0.2) is 41.8 Å². The molecule has 0 aromatic heterocycles. The molecule has 0 spiro atoms.